The van der Waals surface area contributed by atoms with E-state index in [1.807, 2.05) is 0 Å². The molecule has 4 heteroatoms. The number of hydrogen-bond acceptors (Lipinski definition) is 4. The van der Waals surface area contributed by atoms with Crippen molar-refractivity contribution < 1.29 is 0 Å². The van der Waals surface area contributed by atoms with Crippen LogP contribution in [0.15, 0.2) is 0 Å². The molecule has 0 aromatic heterocycles. The predicted molar refractivity (Wildman–Crippen MR) is 64.8 cm³/mol. The third kappa shape index (κ3) is 5.47. The molecular weight excluding hydrogens is 188 g/mol. The molecule has 0 aromatic rings. The molecule has 4 nitrogen and oxygen atoms in total. The van der Waals surface area contributed by atoms with E-state index in [1.165, 1.54) is 38.9 Å². The molecule has 1 heterocycles. The van der Waals surface area contributed by atoms with Gasteiger partial charge in [0.25, 0.3) is 0 Å². The zero-order valence-corrected chi connectivity index (χ0v) is 9.83. The second-order valence-corrected chi connectivity index (χ2v) is 4.32. The van der Waals surface area contributed by atoms with Gasteiger partial charge >= 0.3 is 0 Å². The van der Waals surface area contributed by atoms with Gasteiger partial charge in [-0.2, -0.15) is 0 Å². The average molecular weight is 214 g/mol. The SMILES string of the molecule is NCCN(CCN)CCCN1CCCC1. The zero-order valence-electron chi connectivity index (χ0n) is 9.83. The molecule has 1 rings (SSSR count). The number of hydrogen-bond donors (Lipinski definition) is 2. The van der Waals surface area contributed by atoms with Crippen molar-refractivity contribution in [1.82, 2.24) is 9.80 Å². The summed E-state index contributed by atoms with van der Waals surface area (Å²) in [6, 6.07) is 0. The Labute approximate surface area is 93.6 Å². The van der Waals surface area contributed by atoms with Gasteiger partial charge in [0.1, 0.15) is 0 Å². The molecule has 1 saturated heterocycles. The van der Waals surface area contributed by atoms with Crippen LogP contribution in [0.1, 0.15) is 19.3 Å². The summed E-state index contributed by atoms with van der Waals surface area (Å²) in [5, 5.41) is 0. The molecule has 0 unspecified atom stereocenters. The molecule has 0 aromatic carbocycles. The minimum atomic E-state index is 0.740. The molecule has 1 fully saturated rings. The van der Waals surface area contributed by atoms with Crippen LogP contribution in [0.3, 0.4) is 0 Å². The van der Waals surface area contributed by atoms with Crippen LogP contribution >= 0.6 is 0 Å². The quantitative estimate of drug-likeness (QED) is 0.582. The van der Waals surface area contributed by atoms with Crippen molar-refractivity contribution in [2.75, 3.05) is 52.4 Å². The normalized spacial score (nSPS) is 17.8. The highest BCUT2D eigenvalue weighted by atomic mass is 15.2. The third-order valence-corrected chi connectivity index (χ3v) is 3.04. The van der Waals surface area contributed by atoms with Crippen LogP contribution in [0.4, 0.5) is 0 Å². The molecule has 15 heavy (non-hydrogen) atoms. The second-order valence-electron chi connectivity index (χ2n) is 4.32. The van der Waals surface area contributed by atoms with E-state index in [1.54, 1.807) is 0 Å². The fraction of sp³-hybridized carbons (Fsp3) is 1.00. The van der Waals surface area contributed by atoms with E-state index in [4.69, 9.17) is 11.5 Å². The maximum atomic E-state index is 5.56. The summed E-state index contributed by atoms with van der Waals surface area (Å²) >= 11 is 0. The Balaban J connectivity index is 2.04. The number of nitrogens with zero attached hydrogens (tertiary/aromatic N) is 2. The molecule has 0 spiro atoms. The Morgan fingerprint density at radius 3 is 2.07 bits per heavy atom. The molecule has 0 saturated carbocycles. The minimum Gasteiger partial charge on any atom is -0.329 e. The standard InChI is InChI=1S/C11H26N4/c12-4-10-15(11-5-13)9-3-8-14-6-1-2-7-14/h1-13H2. The highest BCUT2D eigenvalue weighted by molar-refractivity contribution is 4.67. The largest absolute Gasteiger partial charge is 0.329 e. The Morgan fingerprint density at radius 2 is 1.53 bits per heavy atom. The Morgan fingerprint density at radius 1 is 0.933 bits per heavy atom. The van der Waals surface area contributed by atoms with Crippen molar-refractivity contribution in [3.8, 4) is 0 Å². The first kappa shape index (κ1) is 12.9. The maximum absolute atomic E-state index is 5.56. The van der Waals surface area contributed by atoms with Crippen LogP contribution in [0.2, 0.25) is 0 Å². The van der Waals surface area contributed by atoms with Gasteiger partial charge in [0.15, 0.2) is 0 Å². The second kappa shape index (κ2) is 8.05. The van der Waals surface area contributed by atoms with Crippen molar-refractivity contribution in [2.45, 2.75) is 19.3 Å². The van der Waals surface area contributed by atoms with Crippen molar-refractivity contribution >= 4 is 0 Å². The van der Waals surface area contributed by atoms with Crippen LogP contribution in [-0.4, -0.2) is 62.2 Å². The molecule has 0 amide bonds. The summed E-state index contributed by atoms with van der Waals surface area (Å²) < 4.78 is 0. The number of likely N-dealkylation sites (tertiary alicyclic amines) is 1. The lowest BCUT2D eigenvalue weighted by atomic mass is 10.3. The molecule has 1 aliphatic rings. The highest BCUT2D eigenvalue weighted by Crippen LogP contribution is 2.07. The summed E-state index contributed by atoms with van der Waals surface area (Å²) in [6.45, 7) is 8.43. The fourth-order valence-corrected chi connectivity index (χ4v) is 2.22. The van der Waals surface area contributed by atoms with Crippen molar-refractivity contribution in [3.63, 3.8) is 0 Å². The van der Waals surface area contributed by atoms with Crippen molar-refractivity contribution in [3.05, 3.63) is 0 Å². The van der Waals surface area contributed by atoms with Gasteiger partial charge in [0.05, 0.1) is 0 Å². The minimum absolute atomic E-state index is 0.740. The molecule has 4 N–H and O–H groups in total. The van der Waals surface area contributed by atoms with E-state index in [2.05, 4.69) is 9.80 Å². The van der Waals surface area contributed by atoms with Crippen LogP contribution in [0, 0.1) is 0 Å². The predicted octanol–water partition coefficient (Wildman–Crippen LogP) is -0.308. The van der Waals surface area contributed by atoms with E-state index in [9.17, 15) is 0 Å². The topological polar surface area (TPSA) is 58.5 Å². The monoisotopic (exact) mass is 214 g/mol. The van der Waals surface area contributed by atoms with E-state index in [0.29, 0.717) is 0 Å². The number of nitrogens with two attached hydrogens (primary N) is 2. The van der Waals surface area contributed by atoms with Gasteiger partial charge in [-0.1, -0.05) is 0 Å². The third-order valence-electron chi connectivity index (χ3n) is 3.04. The smallest absolute Gasteiger partial charge is 0.0105 e. The summed E-state index contributed by atoms with van der Waals surface area (Å²) in [7, 11) is 0. The van der Waals surface area contributed by atoms with E-state index in [-0.39, 0.29) is 0 Å². The Bertz CT molecular complexity index is 140. The molecule has 90 valence electrons. The summed E-state index contributed by atoms with van der Waals surface area (Å²) in [6.07, 6.45) is 4.02. The lowest BCUT2D eigenvalue weighted by Crippen LogP contribution is -2.36. The molecule has 0 radical (unpaired) electrons. The van der Waals surface area contributed by atoms with Crippen LogP contribution in [0.5, 0.6) is 0 Å². The van der Waals surface area contributed by atoms with Crippen molar-refractivity contribution in [2.24, 2.45) is 11.5 Å². The first-order chi connectivity index (χ1) is 7.36. The molecule has 0 atom stereocenters. The lowest BCUT2D eigenvalue weighted by Gasteiger charge is -2.22. The Kier molecular flexibility index (Phi) is 6.92. The maximum Gasteiger partial charge on any atom is 0.0105 e. The van der Waals surface area contributed by atoms with Crippen LogP contribution in [-0.2, 0) is 0 Å². The Hall–Kier alpha value is -0.160. The van der Waals surface area contributed by atoms with Gasteiger partial charge in [-0.15, -0.1) is 0 Å². The fourth-order valence-electron chi connectivity index (χ4n) is 2.22. The van der Waals surface area contributed by atoms with Gasteiger partial charge in [0, 0.05) is 26.2 Å². The van der Waals surface area contributed by atoms with E-state index < -0.39 is 0 Å². The first-order valence-corrected chi connectivity index (χ1v) is 6.21. The van der Waals surface area contributed by atoms with Gasteiger partial charge in [-0.05, 0) is 45.4 Å². The molecule has 0 aliphatic carbocycles. The van der Waals surface area contributed by atoms with E-state index >= 15 is 0 Å². The zero-order chi connectivity index (χ0) is 10.9. The highest BCUT2D eigenvalue weighted by Gasteiger charge is 2.11. The van der Waals surface area contributed by atoms with Gasteiger partial charge in [-0.3, -0.25) is 0 Å². The van der Waals surface area contributed by atoms with Gasteiger partial charge in [-0.25, -0.2) is 0 Å². The summed E-state index contributed by atoms with van der Waals surface area (Å²) in [4.78, 5) is 4.93. The molecule has 1 aliphatic heterocycles. The molecule has 0 bridgehead atoms. The van der Waals surface area contributed by atoms with Crippen molar-refractivity contribution in [1.29, 1.82) is 0 Å². The average Bonchev–Trinajstić information content (AvgIpc) is 2.71. The summed E-state index contributed by atoms with van der Waals surface area (Å²) in [5.41, 5.74) is 11.1. The van der Waals surface area contributed by atoms with Gasteiger partial charge in [0.2, 0.25) is 0 Å². The van der Waals surface area contributed by atoms with Crippen LogP contribution in [0.25, 0.3) is 0 Å². The molecular formula is C11H26N4. The summed E-state index contributed by atoms with van der Waals surface area (Å²) in [5.74, 6) is 0. The number of rotatable bonds is 8. The van der Waals surface area contributed by atoms with E-state index in [0.717, 1.165) is 32.7 Å². The lowest BCUT2D eigenvalue weighted by molar-refractivity contribution is 0.255. The van der Waals surface area contributed by atoms with Gasteiger partial charge < -0.3 is 21.3 Å². The first-order valence-electron chi connectivity index (χ1n) is 6.21. The van der Waals surface area contributed by atoms with Crippen LogP contribution < -0.4 is 11.5 Å².